The molecule has 0 amide bonds. The molecule has 2 aliphatic rings. The van der Waals surface area contributed by atoms with E-state index in [0.29, 0.717) is 5.02 Å². The summed E-state index contributed by atoms with van der Waals surface area (Å²) in [5.74, 6) is 1.10. The summed E-state index contributed by atoms with van der Waals surface area (Å²) in [6.07, 6.45) is 19.8. The first kappa shape index (κ1) is 17.8. The Morgan fingerprint density at radius 1 is 0.850 bits per heavy atom. The van der Waals surface area contributed by atoms with Crippen LogP contribution in [0, 0.1) is 63.7 Å². The van der Waals surface area contributed by atoms with Crippen LogP contribution in [0.5, 0.6) is 0 Å². The first-order valence-corrected chi connectivity index (χ1v) is 6.40. The normalized spacial score (nSPS) is 18.6. The van der Waals surface area contributed by atoms with Gasteiger partial charge in [0, 0.05) is 17.2 Å². The van der Waals surface area contributed by atoms with E-state index in [1.807, 2.05) is 88.3 Å². The average Bonchev–Trinajstić information content (AvgIpc) is 3.12. The number of benzene rings is 1. The van der Waals surface area contributed by atoms with Crippen molar-refractivity contribution in [3.05, 3.63) is 93.0 Å². The summed E-state index contributed by atoms with van der Waals surface area (Å²) in [5.41, 5.74) is 0.874. The Morgan fingerprint density at radius 3 is 2.00 bits per heavy atom. The Morgan fingerprint density at radius 2 is 1.45 bits per heavy atom. The zero-order valence-electron chi connectivity index (χ0n) is 10.8. The van der Waals surface area contributed by atoms with Crippen molar-refractivity contribution in [1.82, 2.24) is 0 Å². The van der Waals surface area contributed by atoms with E-state index < -0.39 is 0 Å². The molecule has 0 aromatic heterocycles. The summed E-state index contributed by atoms with van der Waals surface area (Å²) in [4.78, 5) is 4.30. The molecular weight excluding hydrogens is 309 g/mol. The fourth-order valence-corrected chi connectivity index (χ4v) is 1.69. The Labute approximate surface area is 138 Å². The van der Waals surface area contributed by atoms with Crippen LogP contribution < -0.4 is 0 Å². The zero-order valence-corrected chi connectivity index (χ0v) is 12.6. The summed E-state index contributed by atoms with van der Waals surface area (Å²) < 4.78 is 0. The van der Waals surface area contributed by atoms with Crippen molar-refractivity contribution in [2.24, 2.45) is 4.99 Å². The molecule has 0 aliphatic heterocycles. The van der Waals surface area contributed by atoms with Crippen molar-refractivity contribution in [3.8, 4) is 0 Å². The monoisotopic (exact) mass is 323 g/mol. The molecule has 3 heteroatoms. The predicted octanol–water partition coefficient (Wildman–Crippen LogP) is 4.47. The molecule has 2 fully saturated rings. The minimum atomic E-state index is 0. The van der Waals surface area contributed by atoms with E-state index in [1.165, 1.54) is 0 Å². The van der Waals surface area contributed by atoms with Crippen molar-refractivity contribution >= 4 is 23.5 Å². The maximum atomic E-state index is 5.83. The van der Waals surface area contributed by atoms with Gasteiger partial charge < -0.3 is 0 Å². The first-order chi connectivity index (χ1) is 9.34. The van der Waals surface area contributed by atoms with Crippen molar-refractivity contribution < 1.29 is 17.1 Å². The van der Waals surface area contributed by atoms with Gasteiger partial charge in [-0.3, -0.25) is 4.99 Å². The van der Waals surface area contributed by atoms with Gasteiger partial charge in [0.15, 0.2) is 0 Å². The minimum absolute atomic E-state index is 0. The minimum Gasteiger partial charge on any atom is -0.261 e. The number of halogens is 1. The fourth-order valence-electron chi connectivity index (χ4n) is 1.50. The fraction of sp³-hybridized carbons (Fsp3) is 0. The summed E-state index contributed by atoms with van der Waals surface area (Å²) >= 11 is 5.83. The molecule has 1 aromatic rings. The van der Waals surface area contributed by atoms with Gasteiger partial charge in [0.25, 0.3) is 0 Å². The molecule has 0 atom stereocenters. The average molecular weight is 324 g/mol. The summed E-state index contributed by atoms with van der Waals surface area (Å²) in [6, 6.07) is 7.48. The molecule has 100 valence electrons. The van der Waals surface area contributed by atoms with Crippen LogP contribution in [-0.4, -0.2) is 6.21 Å². The maximum Gasteiger partial charge on any atom is 2.00 e. The number of hydrogen-bond acceptors (Lipinski definition) is 1. The SMILES string of the molecule is Clc1cccc(N=C[C]2[CH][CH][CH][CH]2)c1.[CH]1[CH][CH][CH][CH]1.[Fe+2]. The Kier molecular flexibility index (Phi) is 9.26. The topological polar surface area (TPSA) is 12.4 Å². The van der Waals surface area contributed by atoms with Gasteiger partial charge >= 0.3 is 17.1 Å². The van der Waals surface area contributed by atoms with E-state index in [4.69, 9.17) is 11.6 Å². The van der Waals surface area contributed by atoms with Crippen LogP contribution in [-0.2, 0) is 17.1 Å². The molecule has 2 saturated carbocycles. The molecule has 0 unspecified atom stereocenters. The van der Waals surface area contributed by atoms with Gasteiger partial charge in [-0.15, -0.1) is 0 Å². The third kappa shape index (κ3) is 6.92. The van der Waals surface area contributed by atoms with Crippen LogP contribution in [0.1, 0.15) is 0 Å². The molecule has 0 bridgehead atoms. The molecule has 0 spiro atoms. The Balaban J connectivity index is 0.000000283. The standard InChI is InChI=1S/C12H9ClN.C5H5.Fe/c13-11-6-3-7-12(8-11)14-9-10-4-1-2-5-10;1-2-4-5-3-1;/h1-9H;1-5H;/q;;+2. The maximum absolute atomic E-state index is 5.83. The number of rotatable bonds is 2. The second-order valence-electron chi connectivity index (χ2n) is 3.92. The molecule has 1 aromatic carbocycles. The number of nitrogens with zero attached hydrogens (tertiary/aromatic N) is 1. The van der Waals surface area contributed by atoms with E-state index in [9.17, 15) is 0 Å². The van der Waals surface area contributed by atoms with Crippen molar-refractivity contribution in [1.29, 1.82) is 0 Å². The van der Waals surface area contributed by atoms with Crippen molar-refractivity contribution in [2.75, 3.05) is 0 Å². The third-order valence-corrected chi connectivity index (χ3v) is 2.65. The second-order valence-corrected chi connectivity index (χ2v) is 4.35. The largest absolute Gasteiger partial charge is 2.00 e. The van der Waals surface area contributed by atoms with Gasteiger partial charge in [-0.25, -0.2) is 0 Å². The number of hydrogen-bond donors (Lipinski definition) is 0. The van der Waals surface area contributed by atoms with Gasteiger partial charge in [0.1, 0.15) is 0 Å². The van der Waals surface area contributed by atoms with E-state index in [1.54, 1.807) is 0 Å². The van der Waals surface area contributed by atoms with Crippen LogP contribution in [0.4, 0.5) is 5.69 Å². The summed E-state index contributed by atoms with van der Waals surface area (Å²) in [6.45, 7) is 0. The molecule has 0 saturated heterocycles. The number of aliphatic imine (C=N–C) groups is 1. The Bertz CT molecular complexity index is 388. The smallest absolute Gasteiger partial charge is 0.261 e. The van der Waals surface area contributed by atoms with Gasteiger partial charge in [0.2, 0.25) is 0 Å². The molecule has 2 aliphatic carbocycles. The molecule has 1 nitrogen and oxygen atoms in total. The second kappa shape index (κ2) is 10.4. The molecule has 0 heterocycles. The molecule has 3 rings (SSSR count). The van der Waals surface area contributed by atoms with Crippen LogP contribution in [0.2, 0.25) is 5.02 Å². The van der Waals surface area contributed by atoms with Gasteiger partial charge in [-0.1, -0.05) is 17.7 Å². The van der Waals surface area contributed by atoms with E-state index >= 15 is 0 Å². The first-order valence-electron chi connectivity index (χ1n) is 6.02. The Hall–Kier alpha value is -0.301. The predicted molar refractivity (Wildman–Crippen MR) is 81.5 cm³/mol. The molecular formula is C17H14ClFeN+2. The van der Waals surface area contributed by atoms with E-state index in [2.05, 4.69) is 4.99 Å². The van der Waals surface area contributed by atoms with Crippen LogP contribution in [0.25, 0.3) is 0 Å². The van der Waals surface area contributed by atoms with Crippen molar-refractivity contribution in [2.45, 2.75) is 0 Å². The third-order valence-electron chi connectivity index (χ3n) is 2.41. The van der Waals surface area contributed by atoms with Crippen molar-refractivity contribution in [3.63, 3.8) is 0 Å². The van der Waals surface area contributed by atoms with Crippen LogP contribution in [0.3, 0.4) is 0 Å². The molecule has 20 heavy (non-hydrogen) atoms. The quantitative estimate of drug-likeness (QED) is 0.562. The molecule has 0 N–H and O–H groups in total. The summed E-state index contributed by atoms with van der Waals surface area (Å²) in [5, 5.41) is 0.710. The zero-order chi connectivity index (χ0) is 13.3. The summed E-state index contributed by atoms with van der Waals surface area (Å²) in [7, 11) is 0. The van der Waals surface area contributed by atoms with Gasteiger partial charge in [-0.2, -0.15) is 0 Å². The van der Waals surface area contributed by atoms with Crippen LogP contribution >= 0.6 is 11.6 Å². The van der Waals surface area contributed by atoms with Gasteiger partial charge in [-0.05, 0) is 76.0 Å². The van der Waals surface area contributed by atoms with Crippen LogP contribution in [0.15, 0.2) is 29.3 Å². The van der Waals surface area contributed by atoms with E-state index in [0.717, 1.165) is 11.6 Å². The van der Waals surface area contributed by atoms with Gasteiger partial charge in [0.05, 0.1) is 5.69 Å². The molecule has 10 radical (unpaired) electrons. The van der Waals surface area contributed by atoms with E-state index in [-0.39, 0.29) is 17.1 Å².